The van der Waals surface area contributed by atoms with Crippen LogP contribution in [0.3, 0.4) is 0 Å². The van der Waals surface area contributed by atoms with Crippen LogP contribution in [0.2, 0.25) is 0 Å². The Labute approximate surface area is 221 Å². The van der Waals surface area contributed by atoms with E-state index in [0.29, 0.717) is 17.5 Å². The zero-order chi connectivity index (χ0) is 28.3. The SMILES string of the molecule is C=CS(=O)(=O)NC[C@H]1CCN(S(=O)(=O)c2ccc(C(Cc3ccc(C(F)(F)F)cc3)C(=O)N(C)C)cc2)C1. The molecule has 0 aliphatic carbocycles. The number of carbonyl (C=O) groups is 1. The summed E-state index contributed by atoms with van der Waals surface area (Å²) in [5, 5.41) is 0.796. The van der Waals surface area contributed by atoms with Gasteiger partial charge in [-0.3, -0.25) is 4.79 Å². The number of carbonyl (C=O) groups excluding carboxylic acids is 1. The number of halogens is 3. The molecule has 1 saturated heterocycles. The number of nitrogens with zero attached hydrogens (tertiary/aromatic N) is 2. The summed E-state index contributed by atoms with van der Waals surface area (Å²) in [5.74, 6) is -1.19. The number of amides is 1. The maximum absolute atomic E-state index is 13.2. The van der Waals surface area contributed by atoms with Gasteiger partial charge in [0, 0.05) is 39.1 Å². The summed E-state index contributed by atoms with van der Waals surface area (Å²) in [6.07, 6.45) is -3.84. The van der Waals surface area contributed by atoms with Gasteiger partial charge in [-0.15, -0.1) is 0 Å². The van der Waals surface area contributed by atoms with Gasteiger partial charge in [0.1, 0.15) is 0 Å². The van der Waals surface area contributed by atoms with E-state index in [-0.39, 0.29) is 42.8 Å². The molecular formula is C25H30F3N3O5S2. The largest absolute Gasteiger partial charge is 0.416 e. The Kier molecular flexibility index (Phi) is 9.07. The first-order chi connectivity index (χ1) is 17.6. The lowest BCUT2D eigenvalue weighted by atomic mass is 9.90. The first kappa shape index (κ1) is 29.8. The van der Waals surface area contributed by atoms with Gasteiger partial charge in [-0.25, -0.2) is 21.6 Å². The van der Waals surface area contributed by atoms with Crippen molar-refractivity contribution in [2.75, 3.05) is 33.7 Å². The van der Waals surface area contributed by atoms with Crippen molar-refractivity contribution in [3.63, 3.8) is 0 Å². The molecular weight excluding hydrogens is 543 g/mol. The monoisotopic (exact) mass is 573 g/mol. The molecule has 0 saturated carbocycles. The fourth-order valence-electron chi connectivity index (χ4n) is 4.22. The minimum atomic E-state index is -4.46. The van der Waals surface area contributed by atoms with Crippen molar-refractivity contribution >= 4 is 26.0 Å². The molecule has 1 N–H and O–H groups in total. The third-order valence-corrected chi connectivity index (χ3v) is 9.31. The topological polar surface area (TPSA) is 104 Å². The molecule has 0 aromatic heterocycles. The highest BCUT2D eigenvalue weighted by atomic mass is 32.2. The number of alkyl halides is 3. The number of hydrogen-bond acceptors (Lipinski definition) is 5. The van der Waals surface area contributed by atoms with E-state index in [9.17, 15) is 34.8 Å². The Bertz CT molecular complexity index is 1360. The lowest BCUT2D eigenvalue weighted by Crippen LogP contribution is -2.32. The predicted octanol–water partition coefficient (Wildman–Crippen LogP) is 3.19. The average molecular weight is 574 g/mol. The molecule has 1 heterocycles. The summed E-state index contributed by atoms with van der Waals surface area (Å²) in [6, 6.07) is 10.5. The summed E-state index contributed by atoms with van der Waals surface area (Å²) >= 11 is 0. The zero-order valence-electron chi connectivity index (χ0n) is 21.0. The maximum atomic E-state index is 13.2. The van der Waals surface area contributed by atoms with Crippen molar-refractivity contribution in [2.45, 2.75) is 29.8 Å². The molecule has 0 bridgehead atoms. The molecule has 3 rings (SSSR count). The molecule has 2 atom stereocenters. The summed E-state index contributed by atoms with van der Waals surface area (Å²) < 4.78 is 91.9. The van der Waals surface area contributed by atoms with E-state index in [0.717, 1.165) is 17.5 Å². The number of sulfonamides is 2. The molecule has 0 radical (unpaired) electrons. The second-order valence-corrected chi connectivity index (χ2v) is 13.0. The molecule has 208 valence electrons. The summed E-state index contributed by atoms with van der Waals surface area (Å²) in [5.41, 5.74) is 0.277. The Morgan fingerprint density at radius 3 is 2.24 bits per heavy atom. The van der Waals surface area contributed by atoms with Gasteiger partial charge in [-0.05, 0) is 54.2 Å². The summed E-state index contributed by atoms with van der Waals surface area (Å²) in [6.45, 7) is 3.71. The molecule has 0 spiro atoms. The van der Waals surface area contributed by atoms with Crippen LogP contribution in [0.15, 0.2) is 65.4 Å². The number of hydrogen-bond donors (Lipinski definition) is 1. The van der Waals surface area contributed by atoms with E-state index in [1.807, 2.05) is 0 Å². The third kappa shape index (κ3) is 7.22. The van der Waals surface area contributed by atoms with Gasteiger partial charge < -0.3 is 4.90 Å². The first-order valence-corrected chi connectivity index (χ1v) is 14.7. The average Bonchev–Trinajstić information content (AvgIpc) is 3.36. The highest BCUT2D eigenvalue weighted by Crippen LogP contribution is 2.31. The number of nitrogens with one attached hydrogen (secondary N) is 1. The van der Waals surface area contributed by atoms with Gasteiger partial charge in [-0.1, -0.05) is 30.8 Å². The minimum absolute atomic E-state index is 0.0270. The van der Waals surface area contributed by atoms with Crippen LogP contribution in [-0.2, 0) is 37.4 Å². The van der Waals surface area contributed by atoms with Gasteiger partial charge >= 0.3 is 6.18 Å². The molecule has 1 aliphatic rings. The summed E-state index contributed by atoms with van der Waals surface area (Å²) in [4.78, 5) is 14.3. The number of likely N-dealkylation sites (N-methyl/N-ethyl adjacent to an activating group) is 1. The van der Waals surface area contributed by atoms with Crippen LogP contribution in [0.1, 0.15) is 29.0 Å². The van der Waals surface area contributed by atoms with Gasteiger partial charge in [0.2, 0.25) is 26.0 Å². The molecule has 1 amide bonds. The number of rotatable bonds is 10. The lowest BCUT2D eigenvalue weighted by Gasteiger charge is -2.22. The third-order valence-electron chi connectivity index (χ3n) is 6.42. The maximum Gasteiger partial charge on any atom is 0.416 e. The van der Waals surface area contributed by atoms with Crippen LogP contribution < -0.4 is 4.72 Å². The molecule has 8 nitrogen and oxygen atoms in total. The van der Waals surface area contributed by atoms with Crippen LogP contribution in [0.4, 0.5) is 13.2 Å². The van der Waals surface area contributed by atoms with Crippen molar-refractivity contribution in [2.24, 2.45) is 5.92 Å². The molecule has 1 aliphatic heterocycles. The van der Waals surface area contributed by atoms with Gasteiger partial charge in [0.05, 0.1) is 16.4 Å². The van der Waals surface area contributed by atoms with Crippen molar-refractivity contribution in [3.8, 4) is 0 Å². The highest BCUT2D eigenvalue weighted by molar-refractivity contribution is 7.92. The first-order valence-electron chi connectivity index (χ1n) is 11.7. The highest BCUT2D eigenvalue weighted by Gasteiger charge is 2.34. The van der Waals surface area contributed by atoms with Crippen LogP contribution in [0.5, 0.6) is 0 Å². The fraction of sp³-hybridized carbons (Fsp3) is 0.400. The van der Waals surface area contributed by atoms with Crippen molar-refractivity contribution in [3.05, 3.63) is 77.2 Å². The van der Waals surface area contributed by atoms with Crippen LogP contribution in [0, 0.1) is 5.92 Å². The predicted molar refractivity (Wildman–Crippen MR) is 137 cm³/mol. The minimum Gasteiger partial charge on any atom is -0.348 e. The Balaban J connectivity index is 1.77. The van der Waals surface area contributed by atoms with E-state index in [1.165, 1.54) is 45.6 Å². The van der Waals surface area contributed by atoms with Gasteiger partial charge in [0.15, 0.2) is 0 Å². The van der Waals surface area contributed by atoms with Crippen molar-refractivity contribution in [1.82, 2.24) is 13.9 Å². The van der Waals surface area contributed by atoms with Crippen LogP contribution in [-0.4, -0.2) is 65.7 Å². The lowest BCUT2D eigenvalue weighted by molar-refractivity contribution is -0.137. The molecule has 13 heteroatoms. The van der Waals surface area contributed by atoms with E-state index < -0.39 is 37.7 Å². The quantitative estimate of drug-likeness (QED) is 0.470. The van der Waals surface area contributed by atoms with Crippen LogP contribution >= 0.6 is 0 Å². The molecule has 2 aromatic rings. The number of benzene rings is 2. The summed E-state index contributed by atoms with van der Waals surface area (Å²) in [7, 11) is -4.32. The molecule has 1 unspecified atom stereocenters. The second kappa shape index (κ2) is 11.6. The fourth-order valence-corrected chi connectivity index (χ4v) is 6.34. The smallest absolute Gasteiger partial charge is 0.348 e. The second-order valence-electron chi connectivity index (χ2n) is 9.33. The molecule has 38 heavy (non-hydrogen) atoms. The van der Waals surface area contributed by atoms with E-state index >= 15 is 0 Å². The Morgan fingerprint density at radius 1 is 1.11 bits per heavy atom. The van der Waals surface area contributed by atoms with E-state index in [1.54, 1.807) is 14.1 Å². The molecule has 2 aromatic carbocycles. The Hall–Kier alpha value is -2.74. The van der Waals surface area contributed by atoms with Crippen molar-refractivity contribution in [1.29, 1.82) is 0 Å². The standard InChI is InChI=1S/C25H30F3N3O5S2/c1-4-37(33,34)29-16-19-13-14-31(17-19)38(35,36)22-11-7-20(8-12-22)23(24(32)30(2)3)15-18-5-9-21(10-6-18)25(26,27)28/h4-12,19,23,29H,1,13-17H2,2-3H3/t19-,23?/m1/s1. The zero-order valence-corrected chi connectivity index (χ0v) is 22.6. The van der Waals surface area contributed by atoms with Gasteiger partial charge in [-0.2, -0.15) is 17.5 Å². The van der Waals surface area contributed by atoms with E-state index in [2.05, 4.69) is 11.3 Å². The normalized spacial score (nSPS) is 17.8. The van der Waals surface area contributed by atoms with Crippen LogP contribution in [0.25, 0.3) is 0 Å². The Morgan fingerprint density at radius 2 is 1.71 bits per heavy atom. The van der Waals surface area contributed by atoms with Gasteiger partial charge in [0.25, 0.3) is 0 Å². The van der Waals surface area contributed by atoms with E-state index in [4.69, 9.17) is 0 Å². The molecule has 1 fully saturated rings. The van der Waals surface area contributed by atoms with Crippen molar-refractivity contribution < 1.29 is 34.8 Å².